The molecule has 104 valence electrons. The highest BCUT2D eigenvalue weighted by Crippen LogP contribution is 2.31. The highest BCUT2D eigenvalue weighted by molar-refractivity contribution is 6.08. The summed E-state index contributed by atoms with van der Waals surface area (Å²) in [5.74, 6) is 0.977. The number of unbranched alkanes of at least 4 members (excludes halogenated alkanes) is 1. The Bertz CT molecular complexity index is 727. The number of benzene rings is 2. The van der Waals surface area contributed by atoms with Crippen molar-refractivity contribution >= 4 is 21.8 Å². The van der Waals surface area contributed by atoms with Gasteiger partial charge in [-0.1, -0.05) is 31.5 Å². The highest BCUT2D eigenvalue weighted by Gasteiger charge is 2.09. The van der Waals surface area contributed by atoms with Crippen molar-refractivity contribution in [3.8, 4) is 5.75 Å². The molecule has 3 rings (SSSR count). The van der Waals surface area contributed by atoms with E-state index in [4.69, 9.17) is 4.74 Å². The van der Waals surface area contributed by atoms with Crippen LogP contribution in [0.1, 0.15) is 26.7 Å². The van der Waals surface area contributed by atoms with Gasteiger partial charge in [-0.15, -0.1) is 0 Å². The zero-order valence-corrected chi connectivity index (χ0v) is 12.2. The molecule has 2 aromatic carbocycles. The first-order valence-electron chi connectivity index (χ1n) is 7.49. The molecule has 0 aliphatic rings. The normalized spacial score (nSPS) is 11.3. The predicted molar refractivity (Wildman–Crippen MR) is 85.5 cm³/mol. The molecular formula is C18H21NO. The number of rotatable bonds is 5. The van der Waals surface area contributed by atoms with Crippen molar-refractivity contribution in [2.45, 2.75) is 33.2 Å². The summed E-state index contributed by atoms with van der Waals surface area (Å²) in [7, 11) is 0. The summed E-state index contributed by atoms with van der Waals surface area (Å²) < 4.78 is 8.20. The van der Waals surface area contributed by atoms with Crippen molar-refractivity contribution < 1.29 is 4.74 Å². The molecular weight excluding hydrogens is 246 g/mol. The zero-order valence-electron chi connectivity index (χ0n) is 12.2. The number of para-hydroxylation sites is 1. The van der Waals surface area contributed by atoms with Crippen LogP contribution >= 0.6 is 0 Å². The standard InChI is InChI=1S/C18H21NO/c1-3-5-12-20-14-10-11-18-16(13-14)15-8-6-7-9-17(15)19(18)4-2/h6-11,13H,3-5,12H2,1-2H3. The van der Waals surface area contributed by atoms with E-state index in [1.807, 2.05) is 0 Å². The minimum Gasteiger partial charge on any atom is -0.494 e. The molecule has 1 aromatic heterocycles. The van der Waals surface area contributed by atoms with E-state index in [0.717, 1.165) is 31.7 Å². The van der Waals surface area contributed by atoms with Crippen LogP contribution in [0.4, 0.5) is 0 Å². The number of nitrogens with zero attached hydrogens (tertiary/aromatic N) is 1. The van der Waals surface area contributed by atoms with E-state index in [9.17, 15) is 0 Å². The Labute approximate surface area is 120 Å². The van der Waals surface area contributed by atoms with Gasteiger partial charge in [-0.05, 0) is 37.6 Å². The Kier molecular flexibility index (Phi) is 3.64. The summed E-state index contributed by atoms with van der Waals surface area (Å²) in [4.78, 5) is 0. The maximum atomic E-state index is 5.84. The van der Waals surface area contributed by atoms with Gasteiger partial charge in [0.1, 0.15) is 5.75 Å². The molecule has 2 nitrogen and oxygen atoms in total. The molecule has 0 spiro atoms. The largest absolute Gasteiger partial charge is 0.494 e. The molecule has 0 unspecified atom stereocenters. The maximum absolute atomic E-state index is 5.84. The number of hydrogen-bond acceptors (Lipinski definition) is 1. The second-order valence-electron chi connectivity index (χ2n) is 5.14. The molecule has 0 saturated carbocycles. The van der Waals surface area contributed by atoms with E-state index >= 15 is 0 Å². The fourth-order valence-corrected chi connectivity index (χ4v) is 2.80. The van der Waals surface area contributed by atoms with Gasteiger partial charge in [0.05, 0.1) is 6.61 Å². The average Bonchev–Trinajstić information content (AvgIpc) is 2.81. The van der Waals surface area contributed by atoms with Gasteiger partial charge in [-0.2, -0.15) is 0 Å². The minimum atomic E-state index is 0.800. The molecule has 0 aliphatic carbocycles. The van der Waals surface area contributed by atoms with Crippen molar-refractivity contribution in [1.29, 1.82) is 0 Å². The number of fused-ring (bicyclic) bond motifs is 3. The average molecular weight is 267 g/mol. The van der Waals surface area contributed by atoms with Gasteiger partial charge in [0, 0.05) is 28.4 Å². The summed E-state index contributed by atoms with van der Waals surface area (Å²) in [6.07, 6.45) is 2.27. The highest BCUT2D eigenvalue weighted by atomic mass is 16.5. The van der Waals surface area contributed by atoms with Gasteiger partial charge in [0.25, 0.3) is 0 Å². The Hall–Kier alpha value is -1.96. The molecule has 0 amide bonds. The topological polar surface area (TPSA) is 14.2 Å². The molecule has 0 atom stereocenters. The summed E-state index contributed by atoms with van der Waals surface area (Å²) in [6, 6.07) is 15.0. The van der Waals surface area contributed by atoms with Crippen molar-refractivity contribution in [3.05, 3.63) is 42.5 Å². The number of aryl methyl sites for hydroxylation is 1. The molecule has 0 fully saturated rings. The Morgan fingerprint density at radius 3 is 2.55 bits per heavy atom. The third-order valence-corrected chi connectivity index (χ3v) is 3.83. The lowest BCUT2D eigenvalue weighted by Crippen LogP contribution is -1.96. The van der Waals surface area contributed by atoms with Gasteiger partial charge in [0.2, 0.25) is 0 Å². The quantitative estimate of drug-likeness (QED) is 0.594. The van der Waals surface area contributed by atoms with E-state index < -0.39 is 0 Å². The lowest BCUT2D eigenvalue weighted by Gasteiger charge is -2.06. The van der Waals surface area contributed by atoms with Gasteiger partial charge in [-0.25, -0.2) is 0 Å². The van der Waals surface area contributed by atoms with Crippen molar-refractivity contribution in [2.75, 3.05) is 6.61 Å². The van der Waals surface area contributed by atoms with Crippen LogP contribution in [0.2, 0.25) is 0 Å². The summed E-state index contributed by atoms with van der Waals surface area (Å²) >= 11 is 0. The first-order valence-corrected chi connectivity index (χ1v) is 7.49. The van der Waals surface area contributed by atoms with Crippen LogP contribution in [0.15, 0.2) is 42.5 Å². The Morgan fingerprint density at radius 2 is 1.75 bits per heavy atom. The monoisotopic (exact) mass is 267 g/mol. The minimum absolute atomic E-state index is 0.800. The maximum Gasteiger partial charge on any atom is 0.120 e. The number of hydrogen-bond donors (Lipinski definition) is 0. The van der Waals surface area contributed by atoms with Crippen LogP contribution in [0.3, 0.4) is 0 Å². The van der Waals surface area contributed by atoms with Gasteiger partial charge in [-0.3, -0.25) is 0 Å². The van der Waals surface area contributed by atoms with Crippen LogP contribution in [0.5, 0.6) is 5.75 Å². The van der Waals surface area contributed by atoms with Crippen LogP contribution < -0.4 is 4.74 Å². The van der Waals surface area contributed by atoms with Crippen molar-refractivity contribution in [1.82, 2.24) is 4.57 Å². The lowest BCUT2D eigenvalue weighted by molar-refractivity contribution is 0.310. The van der Waals surface area contributed by atoms with Crippen LogP contribution in [0.25, 0.3) is 21.8 Å². The summed E-state index contributed by atoms with van der Waals surface area (Å²) in [5.41, 5.74) is 2.59. The third-order valence-electron chi connectivity index (χ3n) is 3.83. The molecule has 0 aliphatic heterocycles. The molecule has 3 aromatic rings. The zero-order chi connectivity index (χ0) is 13.9. The van der Waals surface area contributed by atoms with E-state index in [-0.39, 0.29) is 0 Å². The third kappa shape index (κ3) is 2.15. The Morgan fingerprint density at radius 1 is 0.950 bits per heavy atom. The summed E-state index contributed by atoms with van der Waals surface area (Å²) in [6.45, 7) is 6.16. The van der Waals surface area contributed by atoms with Gasteiger partial charge in [0.15, 0.2) is 0 Å². The second-order valence-corrected chi connectivity index (χ2v) is 5.14. The number of ether oxygens (including phenoxy) is 1. The molecule has 0 radical (unpaired) electrons. The van der Waals surface area contributed by atoms with E-state index in [1.54, 1.807) is 0 Å². The van der Waals surface area contributed by atoms with E-state index in [2.05, 4.69) is 60.9 Å². The molecule has 0 bridgehead atoms. The second kappa shape index (κ2) is 5.58. The van der Waals surface area contributed by atoms with Gasteiger partial charge < -0.3 is 9.30 Å². The first kappa shape index (κ1) is 13.0. The lowest BCUT2D eigenvalue weighted by atomic mass is 10.1. The van der Waals surface area contributed by atoms with E-state index in [1.165, 1.54) is 21.8 Å². The van der Waals surface area contributed by atoms with E-state index in [0.29, 0.717) is 0 Å². The molecule has 1 heterocycles. The molecule has 20 heavy (non-hydrogen) atoms. The molecule has 0 saturated heterocycles. The fourth-order valence-electron chi connectivity index (χ4n) is 2.80. The Balaban J connectivity index is 2.11. The van der Waals surface area contributed by atoms with Crippen molar-refractivity contribution in [3.63, 3.8) is 0 Å². The molecule has 0 N–H and O–H groups in total. The predicted octanol–water partition coefficient (Wildman–Crippen LogP) is 4.99. The molecule has 2 heteroatoms. The van der Waals surface area contributed by atoms with Crippen LogP contribution in [-0.4, -0.2) is 11.2 Å². The smallest absolute Gasteiger partial charge is 0.120 e. The number of aromatic nitrogens is 1. The SMILES string of the molecule is CCCCOc1ccc2c(c1)c1ccccc1n2CC. The first-order chi connectivity index (χ1) is 9.85. The summed E-state index contributed by atoms with van der Waals surface area (Å²) in [5, 5.41) is 2.60. The van der Waals surface area contributed by atoms with Gasteiger partial charge >= 0.3 is 0 Å². The van der Waals surface area contributed by atoms with Crippen LogP contribution in [-0.2, 0) is 6.54 Å². The fraction of sp³-hybridized carbons (Fsp3) is 0.333. The van der Waals surface area contributed by atoms with Crippen molar-refractivity contribution in [2.24, 2.45) is 0 Å². The van der Waals surface area contributed by atoms with Crippen LogP contribution in [0, 0.1) is 0 Å².